The molecule has 0 saturated carbocycles. The highest BCUT2D eigenvalue weighted by Crippen LogP contribution is 2.39. The number of anilines is 1. The highest BCUT2D eigenvalue weighted by molar-refractivity contribution is 7.17. The Kier molecular flexibility index (Phi) is 9.45. The average Bonchev–Trinajstić information content (AvgIpc) is 3.34. The van der Waals surface area contributed by atoms with Gasteiger partial charge in [-0.15, -0.1) is 11.3 Å². The van der Waals surface area contributed by atoms with Crippen molar-refractivity contribution in [3.8, 4) is 23.0 Å². The van der Waals surface area contributed by atoms with E-state index in [0.717, 1.165) is 36.1 Å². The number of carbonyl (C=O) groups is 3. The predicted octanol–water partition coefficient (Wildman–Crippen LogP) is 3.92. The van der Waals surface area contributed by atoms with Gasteiger partial charge in [-0.2, -0.15) is 5.10 Å². The molecular formula is C29H32N4O7S. The largest absolute Gasteiger partial charge is 0.493 e. The molecule has 0 aliphatic heterocycles. The molecule has 1 heterocycles. The summed E-state index contributed by atoms with van der Waals surface area (Å²) in [5, 5.41) is 7.31. The van der Waals surface area contributed by atoms with Gasteiger partial charge in [-0.1, -0.05) is 0 Å². The first-order valence-corrected chi connectivity index (χ1v) is 13.7. The van der Waals surface area contributed by atoms with Gasteiger partial charge in [0.1, 0.15) is 10.8 Å². The Morgan fingerprint density at radius 3 is 2.27 bits per heavy atom. The number of fused-ring (bicyclic) bond motifs is 1. The van der Waals surface area contributed by atoms with Crippen molar-refractivity contribution in [2.24, 2.45) is 10.8 Å². The number of methoxy groups -OCH3 is 3. The van der Waals surface area contributed by atoms with Gasteiger partial charge in [0.05, 0.1) is 33.1 Å². The van der Waals surface area contributed by atoms with Gasteiger partial charge in [-0.3, -0.25) is 14.4 Å². The fourth-order valence-electron chi connectivity index (χ4n) is 4.47. The minimum Gasteiger partial charge on any atom is -0.493 e. The Hall–Kier alpha value is -4.58. The van der Waals surface area contributed by atoms with E-state index < -0.39 is 17.9 Å². The van der Waals surface area contributed by atoms with E-state index in [4.69, 9.17) is 24.7 Å². The van der Waals surface area contributed by atoms with Crippen LogP contribution in [0.2, 0.25) is 0 Å². The summed E-state index contributed by atoms with van der Waals surface area (Å²) in [6, 6.07) is 9.72. The summed E-state index contributed by atoms with van der Waals surface area (Å²) >= 11 is 1.41. The van der Waals surface area contributed by atoms with Crippen molar-refractivity contribution >= 4 is 40.3 Å². The van der Waals surface area contributed by atoms with Crippen LogP contribution in [-0.4, -0.2) is 51.4 Å². The lowest BCUT2D eigenvalue weighted by Gasteiger charge is -2.14. The quantitative estimate of drug-likeness (QED) is 0.230. The minimum atomic E-state index is -0.873. The fraction of sp³-hybridized carbons (Fsp3) is 0.310. The molecular weight excluding hydrogens is 548 g/mol. The number of primary amides is 1. The molecule has 0 spiro atoms. The zero-order valence-electron chi connectivity index (χ0n) is 23.2. The molecule has 3 aromatic rings. The number of hydrazone groups is 1. The molecule has 4 rings (SSSR count). The highest BCUT2D eigenvalue weighted by Gasteiger charge is 2.25. The Balaban J connectivity index is 1.35. The van der Waals surface area contributed by atoms with Crippen molar-refractivity contribution in [2.45, 2.75) is 38.7 Å². The molecule has 11 nitrogen and oxygen atoms in total. The molecule has 1 atom stereocenters. The van der Waals surface area contributed by atoms with Gasteiger partial charge in [-0.05, 0) is 74.6 Å². The monoisotopic (exact) mass is 580 g/mol. The Labute approximate surface area is 241 Å². The summed E-state index contributed by atoms with van der Waals surface area (Å²) in [6.45, 7) is 1.58. The molecule has 4 N–H and O–H groups in total. The first-order valence-electron chi connectivity index (χ1n) is 12.9. The van der Waals surface area contributed by atoms with Crippen LogP contribution in [0.3, 0.4) is 0 Å². The molecule has 1 aromatic heterocycles. The Morgan fingerprint density at radius 1 is 1.00 bits per heavy atom. The number of rotatable bonds is 11. The summed E-state index contributed by atoms with van der Waals surface area (Å²) in [5.41, 5.74) is 10.4. The van der Waals surface area contributed by atoms with E-state index in [1.165, 1.54) is 38.9 Å². The first kappa shape index (κ1) is 29.4. The number of nitrogens with two attached hydrogens (primary N) is 1. The third-order valence-electron chi connectivity index (χ3n) is 6.52. The molecule has 0 unspecified atom stereocenters. The number of thiophene rings is 1. The normalized spacial score (nSPS) is 13.2. The molecule has 216 valence electrons. The van der Waals surface area contributed by atoms with Crippen LogP contribution in [0.1, 0.15) is 56.5 Å². The lowest BCUT2D eigenvalue weighted by molar-refractivity contribution is -0.127. The van der Waals surface area contributed by atoms with Crippen molar-refractivity contribution in [1.82, 2.24) is 5.43 Å². The minimum absolute atomic E-state index is 0.367. The lowest BCUT2D eigenvalue weighted by atomic mass is 9.95. The molecule has 0 fully saturated rings. The number of nitrogens with one attached hydrogen (secondary N) is 2. The number of aryl methyl sites for hydroxylation is 1. The third-order valence-corrected chi connectivity index (χ3v) is 7.73. The van der Waals surface area contributed by atoms with Crippen molar-refractivity contribution in [2.75, 3.05) is 26.6 Å². The number of ether oxygens (including phenoxy) is 4. The molecule has 3 amide bonds. The summed E-state index contributed by atoms with van der Waals surface area (Å²) in [5.74, 6) is 0.362. The SMILES string of the molecule is COc1cc(/C=N\NC(=O)[C@@H](C)Oc2ccc(C(=O)Nc3sc4c(c3C(N)=O)CCCC4)cc2)cc(OC)c1OC. The molecule has 0 bridgehead atoms. The van der Waals surface area contributed by atoms with Crippen LogP contribution in [-0.2, 0) is 17.6 Å². The van der Waals surface area contributed by atoms with Gasteiger partial charge in [0.25, 0.3) is 17.7 Å². The second kappa shape index (κ2) is 13.2. The van der Waals surface area contributed by atoms with E-state index in [1.54, 1.807) is 43.3 Å². The zero-order chi connectivity index (χ0) is 29.5. The summed E-state index contributed by atoms with van der Waals surface area (Å²) in [6.07, 6.45) is 4.28. The van der Waals surface area contributed by atoms with Gasteiger partial charge < -0.3 is 30.0 Å². The maximum Gasteiger partial charge on any atom is 0.280 e. The van der Waals surface area contributed by atoms with E-state index >= 15 is 0 Å². The molecule has 41 heavy (non-hydrogen) atoms. The number of nitrogens with zero attached hydrogens (tertiary/aromatic N) is 1. The molecule has 12 heteroatoms. The van der Waals surface area contributed by atoms with E-state index in [1.807, 2.05) is 0 Å². The standard InChI is InChI=1S/C29H32N4O7S/c1-16(27(35)33-31-15-17-13-21(37-2)25(39-4)22(14-17)38-3)40-19-11-9-18(10-12-19)28(36)32-29-24(26(30)34)20-7-5-6-8-23(20)41-29/h9-16H,5-8H2,1-4H3,(H2,30,34)(H,32,36)(H,33,35)/b31-15-/t16-/m1/s1. The van der Waals surface area contributed by atoms with Crippen molar-refractivity contribution in [3.63, 3.8) is 0 Å². The van der Waals surface area contributed by atoms with Crippen molar-refractivity contribution in [1.29, 1.82) is 0 Å². The van der Waals surface area contributed by atoms with Crippen LogP contribution >= 0.6 is 11.3 Å². The molecule has 0 radical (unpaired) electrons. The molecule has 1 aliphatic carbocycles. The first-order chi connectivity index (χ1) is 19.7. The van der Waals surface area contributed by atoms with Crippen molar-refractivity contribution in [3.05, 3.63) is 63.5 Å². The second-order valence-corrected chi connectivity index (χ2v) is 10.3. The number of carbonyl (C=O) groups excluding carboxylic acids is 3. The van der Waals surface area contributed by atoms with Gasteiger partial charge in [-0.25, -0.2) is 5.43 Å². The van der Waals surface area contributed by atoms with E-state index in [2.05, 4.69) is 15.8 Å². The Bertz CT molecular complexity index is 1440. The molecule has 2 aromatic carbocycles. The summed E-state index contributed by atoms with van der Waals surface area (Å²) in [4.78, 5) is 38.6. The second-order valence-electron chi connectivity index (χ2n) is 9.21. The van der Waals surface area contributed by atoms with Gasteiger partial charge in [0.2, 0.25) is 5.75 Å². The average molecular weight is 581 g/mol. The number of hydrogen-bond acceptors (Lipinski definition) is 9. The van der Waals surface area contributed by atoms with Crippen LogP contribution in [0.4, 0.5) is 5.00 Å². The van der Waals surface area contributed by atoms with Crippen LogP contribution in [0.15, 0.2) is 41.5 Å². The Morgan fingerprint density at radius 2 is 1.66 bits per heavy atom. The van der Waals surface area contributed by atoms with Crippen molar-refractivity contribution < 1.29 is 33.3 Å². The summed E-state index contributed by atoms with van der Waals surface area (Å²) < 4.78 is 21.6. The van der Waals surface area contributed by atoms with E-state index in [0.29, 0.717) is 44.7 Å². The lowest BCUT2D eigenvalue weighted by Crippen LogP contribution is -2.33. The number of amides is 3. The third kappa shape index (κ3) is 6.77. The fourth-order valence-corrected chi connectivity index (χ4v) is 5.76. The van der Waals surface area contributed by atoms with Gasteiger partial charge >= 0.3 is 0 Å². The number of hydrogen-bond donors (Lipinski definition) is 3. The topological polar surface area (TPSA) is 151 Å². The van der Waals surface area contributed by atoms with Crippen LogP contribution in [0, 0.1) is 0 Å². The predicted molar refractivity (Wildman–Crippen MR) is 156 cm³/mol. The van der Waals surface area contributed by atoms with Gasteiger partial charge in [0, 0.05) is 16.0 Å². The zero-order valence-corrected chi connectivity index (χ0v) is 24.1. The van der Waals surface area contributed by atoms with Gasteiger partial charge in [0.15, 0.2) is 17.6 Å². The van der Waals surface area contributed by atoms with Crippen LogP contribution in [0.5, 0.6) is 23.0 Å². The maximum atomic E-state index is 12.9. The smallest absolute Gasteiger partial charge is 0.280 e. The number of benzene rings is 2. The highest BCUT2D eigenvalue weighted by atomic mass is 32.1. The summed E-state index contributed by atoms with van der Waals surface area (Å²) in [7, 11) is 4.52. The van der Waals surface area contributed by atoms with Crippen LogP contribution in [0.25, 0.3) is 0 Å². The molecule has 0 saturated heterocycles. The van der Waals surface area contributed by atoms with Crippen LogP contribution < -0.4 is 35.4 Å². The maximum absolute atomic E-state index is 12.9. The van der Waals surface area contributed by atoms with E-state index in [9.17, 15) is 14.4 Å². The van der Waals surface area contributed by atoms with E-state index in [-0.39, 0.29) is 5.91 Å². The molecule has 1 aliphatic rings.